The smallest absolute Gasteiger partial charge is 0.258 e. The van der Waals surface area contributed by atoms with Gasteiger partial charge in [-0.1, -0.05) is 30.6 Å². The molecule has 14 heteroatoms. The molecule has 4 aromatic rings. The fourth-order valence-corrected chi connectivity index (χ4v) is 5.72. The van der Waals surface area contributed by atoms with Crippen molar-refractivity contribution < 1.29 is 9.85 Å². The van der Waals surface area contributed by atoms with E-state index in [0.717, 1.165) is 32.9 Å². The maximum absolute atomic E-state index is 11.2. The number of nitro groups is 2. The molecule has 0 spiro atoms. The van der Waals surface area contributed by atoms with Crippen molar-refractivity contribution in [2.75, 3.05) is 0 Å². The SMILES string of the molecule is O=[N+]([O-])c1ccc(SSc2ccc([N+](=O)[O-])cc2-c2csnn2)c(-c2csnn2)c1. The zero-order chi connectivity index (χ0) is 21.1. The monoisotopic (exact) mass is 476 g/mol. The lowest BCUT2D eigenvalue weighted by molar-refractivity contribution is -0.385. The summed E-state index contributed by atoms with van der Waals surface area (Å²) < 4.78 is 7.67. The largest absolute Gasteiger partial charge is 0.270 e. The predicted molar refractivity (Wildman–Crippen MR) is 116 cm³/mol. The Kier molecular flexibility index (Phi) is 5.98. The van der Waals surface area contributed by atoms with Gasteiger partial charge < -0.3 is 0 Å². The van der Waals surface area contributed by atoms with Crippen molar-refractivity contribution >= 4 is 56.0 Å². The van der Waals surface area contributed by atoms with E-state index in [1.807, 2.05) is 0 Å². The molecular formula is C16H8N6O4S4. The molecule has 0 aliphatic heterocycles. The number of hydrogen-bond acceptors (Lipinski definition) is 12. The van der Waals surface area contributed by atoms with E-state index in [2.05, 4.69) is 19.2 Å². The molecule has 30 heavy (non-hydrogen) atoms. The van der Waals surface area contributed by atoms with Crippen LogP contribution in [0, 0.1) is 20.2 Å². The first-order valence-corrected chi connectivity index (χ1v) is 11.8. The second-order valence-corrected chi connectivity index (χ2v) is 9.05. The maximum Gasteiger partial charge on any atom is 0.270 e. The molecule has 0 saturated carbocycles. The van der Waals surface area contributed by atoms with Gasteiger partial charge in [0.1, 0.15) is 11.4 Å². The molecule has 0 amide bonds. The van der Waals surface area contributed by atoms with Gasteiger partial charge in [0.15, 0.2) is 0 Å². The summed E-state index contributed by atoms with van der Waals surface area (Å²) >= 11 is 2.30. The third-order valence-corrected chi connectivity index (χ3v) is 7.33. The predicted octanol–water partition coefficient (Wildman–Crippen LogP) is 5.34. The molecule has 0 aliphatic rings. The Hall–Kier alpha value is -2.94. The zero-order valence-corrected chi connectivity index (χ0v) is 17.8. The van der Waals surface area contributed by atoms with Crippen molar-refractivity contribution in [2.45, 2.75) is 9.79 Å². The molecule has 10 nitrogen and oxygen atoms in total. The Morgan fingerprint density at radius 1 is 0.733 bits per heavy atom. The molecule has 0 fully saturated rings. The molecule has 0 aliphatic carbocycles. The van der Waals surface area contributed by atoms with Gasteiger partial charge in [-0.3, -0.25) is 20.2 Å². The first-order valence-electron chi connectivity index (χ1n) is 7.99. The van der Waals surface area contributed by atoms with Gasteiger partial charge in [0.2, 0.25) is 0 Å². The molecule has 0 radical (unpaired) electrons. The summed E-state index contributed by atoms with van der Waals surface area (Å²) in [7, 11) is 2.72. The molecule has 0 atom stereocenters. The van der Waals surface area contributed by atoms with Crippen molar-refractivity contribution in [3.05, 3.63) is 67.4 Å². The van der Waals surface area contributed by atoms with E-state index in [0.29, 0.717) is 22.5 Å². The lowest BCUT2D eigenvalue weighted by Gasteiger charge is -2.09. The van der Waals surface area contributed by atoms with E-state index >= 15 is 0 Å². The Labute approximate surface area is 184 Å². The third-order valence-electron chi connectivity index (χ3n) is 3.84. The van der Waals surface area contributed by atoms with Crippen LogP contribution >= 0.6 is 44.7 Å². The fraction of sp³-hybridized carbons (Fsp3) is 0. The van der Waals surface area contributed by atoms with Crippen molar-refractivity contribution in [1.82, 2.24) is 19.2 Å². The number of nitro benzene ring substituents is 2. The van der Waals surface area contributed by atoms with Crippen LogP contribution in [0.15, 0.2) is 56.9 Å². The summed E-state index contributed by atoms with van der Waals surface area (Å²) in [5.41, 5.74) is 2.18. The molecule has 2 aromatic carbocycles. The maximum atomic E-state index is 11.2. The molecule has 2 aromatic heterocycles. The second-order valence-electron chi connectivity index (χ2n) is 5.62. The van der Waals surface area contributed by atoms with E-state index in [-0.39, 0.29) is 11.4 Å². The standard InChI is InChI=1S/C16H8N6O4S4/c23-21(24)9-1-3-15(11(5-9)13-7-27-19-17-13)29-30-16-4-2-10(22(25)26)6-12(16)14-8-28-20-18-14/h1-8H. The molecule has 0 N–H and O–H groups in total. The quantitative estimate of drug-likeness (QED) is 0.195. The van der Waals surface area contributed by atoms with Crippen LogP contribution in [-0.2, 0) is 0 Å². The van der Waals surface area contributed by atoms with Gasteiger partial charge in [0.25, 0.3) is 11.4 Å². The van der Waals surface area contributed by atoms with Gasteiger partial charge in [-0.15, -0.1) is 10.2 Å². The highest BCUT2D eigenvalue weighted by molar-refractivity contribution is 8.76. The van der Waals surface area contributed by atoms with Gasteiger partial charge >= 0.3 is 0 Å². The second kappa shape index (κ2) is 8.83. The minimum atomic E-state index is -0.464. The Morgan fingerprint density at radius 3 is 1.50 bits per heavy atom. The summed E-state index contributed by atoms with van der Waals surface area (Å²) in [5.74, 6) is 0. The average Bonchev–Trinajstić information content (AvgIpc) is 3.46. The molecule has 0 bridgehead atoms. The highest BCUT2D eigenvalue weighted by atomic mass is 33.1. The van der Waals surface area contributed by atoms with Gasteiger partial charge in [-0.05, 0) is 35.2 Å². The van der Waals surface area contributed by atoms with Crippen LogP contribution in [0.1, 0.15) is 0 Å². The van der Waals surface area contributed by atoms with Crippen LogP contribution in [0.2, 0.25) is 0 Å². The zero-order valence-electron chi connectivity index (χ0n) is 14.6. The Bertz CT molecular complexity index is 1120. The van der Waals surface area contributed by atoms with Gasteiger partial charge in [0, 0.05) is 55.9 Å². The highest BCUT2D eigenvalue weighted by Crippen LogP contribution is 2.46. The molecule has 2 heterocycles. The number of nitrogens with zero attached hydrogens (tertiary/aromatic N) is 6. The van der Waals surface area contributed by atoms with Crippen molar-refractivity contribution in [3.63, 3.8) is 0 Å². The minimum absolute atomic E-state index is 0.0445. The summed E-state index contributed by atoms with van der Waals surface area (Å²) in [6, 6.07) is 9.07. The lowest BCUT2D eigenvalue weighted by atomic mass is 10.1. The van der Waals surface area contributed by atoms with Crippen molar-refractivity contribution in [3.8, 4) is 22.5 Å². The minimum Gasteiger partial charge on any atom is -0.258 e. The van der Waals surface area contributed by atoms with Crippen LogP contribution in [0.25, 0.3) is 22.5 Å². The van der Waals surface area contributed by atoms with Gasteiger partial charge in [-0.2, -0.15) is 0 Å². The number of hydrogen-bond donors (Lipinski definition) is 0. The summed E-state index contributed by atoms with van der Waals surface area (Å²) in [4.78, 5) is 22.9. The van der Waals surface area contributed by atoms with Crippen molar-refractivity contribution in [1.29, 1.82) is 0 Å². The van der Waals surface area contributed by atoms with Crippen LogP contribution in [-0.4, -0.2) is 29.0 Å². The topological polar surface area (TPSA) is 138 Å². The molecule has 0 saturated heterocycles. The molecule has 150 valence electrons. The number of benzene rings is 2. The summed E-state index contributed by atoms with van der Waals surface area (Å²) in [6.45, 7) is 0. The molecule has 0 unspecified atom stereocenters. The summed E-state index contributed by atoms with van der Waals surface area (Å²) in [5, 5.41) is 33.8. The Balaban J connectivity index is 1.69. The number of aromatic nitrogens is 4. The average molecular weight is 477 g/mol. The molecular weight excluding hydrogens is 468 g/mol. The van der Waals surface area contributed by atoms with E-state index < -0.39 is 9.85 Å². The van der Waals surface area contributed by atoms with Crippen LogP contribution in [0.4, 0.5) is 11.4 Å². The van der Waals surface area contributed by atoms with Crippen molar-refractivity contribution in [2.24, 2.45) is 0 Å². The number of rotatable bonds is 7. The Morgan fingerprint density at radius 2 is 1.17 bits per heavy atom. The first kappa shape index (κ1) is 20.3. The van der Waals surface area contributed by atoms with Gasteiger partial charge in [-0.25, -0.2) is 0 Å². The van der Waals surface area contributed by atoms with E-state index in [1.54, 1.807) is 22.9 Å². The highest BCUT2D eigenvalue weighted by Gasteiger charge is 2.18. The third kappa shape index (κ3) is 4.30. The fourth-order valence-electron chi connectivity index (χ4n) is 2.46. The van der Waals surface area contributed by atoms with Crippen LogP contribution in [0.5, 0.6) is 0 Å². The lowest BCUT2D eigenvalue weighted by Crippen LogP contribution is -1.91. The number of non-ortho nitro benzene ring substituents is 2. The van der Waals surface area contributed by atoms with Gasteiger partial charge in [0.05, 0.1) is 9.85 Å². The van der Waals surface area contributed by atoms with E-state index in [9.17, 15) is 20.2 Å². The normalized spacial score (nSPS) is 10.8. The van der Waals surface area contributed by atoms with Crippen LogP contribution < -0.4 is 0 Å². The first-order chi connectivity index (χ1) is 14.5. The van der Waals surface area contributed by atoms with E-state index in [1.165, 1.54) is 45.9 Å². The summed E-state index contributed by atoms with van der Waals surface area (Å²) in [6.07, 6.45) is 0. The molecule has 4 rings (SSSR count). The van der Waals surface area contributed by atoms with E-state index in [4.69, 9.17) is 0 Å². The van der Waals surface area contributed by atoms with Crippen LogP contribution in [0.3, 0.4) is 0 Å².